The summed E-state index contributed by atoms with van der Waals surface area (Å²) in [6.07, 6.45) is 0. The Bertz CT molecular complexity index is 3930. The number of aromatic nitrogens is 2. The minimum Gasteiger partial charge on any atom is -0.292 e. The minimum atomic E-state index is 0.928. The molecule has 0 amide bonds. The molecule has 2 aromatic heterocycles. The van der Waals surface area contributed by atoms with Crippen molar-refractivity contribution in [3.8, 4) is 61.6 Å². The normalized spacial score (nSPS) is 11.8. The van der Waals surface area contributed by atoms with E-state index < -0.39 is 0 Å². The lowest BCUT2D eigenvalue weighted by atomic mass is 9.91. The molecule has 13 aromatic rings. The zero-order valence-electron chi connectivity index (χ0n) is 34.7. The summed E-state index contributed by atoms with van der Waals surface area (Å²) in [6.45, 7) is 0. The predicted octanol–water partition coefficient (Wildman–Crippen LogP) is 17.2. The second-order valence-electron chi connectivity index (χ2n) is 16.7. The zero-order chi connectivity index (χ0) is 42.1. The van der Waals surface area contributed by atoms with Crippen LogP contribution in [0.5, 0.6) is 0 Å². The van der Waals surface area contributed by atoms with Crippen molar-refractivity contribution in [3.63, 3.8) is 0 Å². The van der Waals surface area contributed by atoms with Gasteiger partial charge in [0.2, 0.25) is 0 Å². The summed E-state index contributed by atoms with van der Waals surface area (Å²) in [5.74, 6) is 0.928. The van der Waals surface area contributed by atoms with Gasteiger partial charge in [-0.05, 0) is 144 Å². The van der Waals surface area contributed by atoms with Gasteiger partial charge >= 0.3 is 0 Å². The average Bonchev–Trinajstić information content (AvgIpc) is 3.96. The molecule has 298 valence electrons. The van der Waals surface area contributed by atoms with Crippen LogP contribution in [0.4, 0.5) is 0 Å². The number of hydrogen-bond donors (Lipinski definition) is 0. The van der Waals surface area contributed by atoms with Crippen molar-refractivity contribution in [1.82, 2.24) is 9.55 Å². The van der Waals surface area contributed by atoms with E-state index in [0.717, 1.165) is 28.1 Å². The highest BCUT2D eigenvalue weighted by Gasteiger charge is 2.18. The standard InChI is InChI=1S/C61H38N2S/c1-2-21-47(22-3-1)63-57-29-10-9-28-56(57)62-61(63)45-20-14-19-44(35-45)54-37-46(38-59-60(54)53-27-8-11-30-58(53)64-59)42-18-13-16-40(34-42)39-15-12-17-41(33-39)43-31-32-52-50-25-5-4-23-48(50)49-24-6-7-26-51(49)55(52)36-43/h1-38H. The van der Waals surface area contributed by atoms with Crippen LogP contribution in [0, 0.1) is 0 Å². The van der Waals surface area contributed by atoms with Crippen LogP contribution in [0.1, 0.15) is 0 Å². The van der Waals surface area contributed by atoms with E-state index in [9.17, 15) is 0 Å². The van der Waals surface area contributed by atoms with Crippen LogP contribution in [-0.2, 0) is 0 Å². The summed E-state index contributed by atoms with van der Waals surface area (Å²) in [6, 6.07) is 84.2. The highest BCUT2D eigenvalue weighted by molar-refractivity contribution is 7.26. The Labute approximate surface area is 374 Å². The monoisotopic (exact) mass is 830 g/mol. The molecule has 0 atom stereocenters. The van der Waals surface area contributed by atoms with Crippen LogP contribution < -0.4 is 0 Å². The lowest BCUT2D eigenvalue weighted by Gasteiger charge is -2.14. The number of para-hydroxylation sites is 3. The number of imidazole rings is 1. The maximum absolute atomic E-state index is 5.23. The van der Waals surface area contributed by atoms with Gasteiger partial charge in [0.1, 0.15) is 5.82 Å². The van der Waals surface area contributed by atoms with E-state index in [-0.39, 0.29) is 0 Å². The van der Waals surface area contributed by atoms with Gasteiger partial charge in [-0.2, -0.15) is 0 Å². The molecule has 2 nitrogen and oxygen atoms in total. The predicted molar refractivity (Wildman–Crippen MR) is 274 cm³/mol. The van der Waals surface area contributed by atoms with Crippen molar-refractivity contribution >= 4 is 74.9 Å². The van der Waals surface area contributed by atoms with Gasteiger partial charge in [0.25, 0.3) is 0 Å². The molecule has 0 aliphatic carbocycles. The smallest absolute Gasteiger partial charge is 0.145 e. The molecular weight excluding hydrogens is 793 g/mol. The van der Waals surface area contributed by atoms with E-state index in [0.29, 0.717) is 0 Å². The molecule has 0 aliphatic heterocycles. The molecule has 0 spiro atoms. The number of hydrogen-bond acceptors (Lipinski definition) is 2. The Hall–Kier alpha value is -8.11. The van der Waals surface area contributed by atoms with Gasteiger partial charge in [-0.25, -0.2) is 4.98 Å². The molecule has 0 radical (unpaired) electrons. The number of rotatable bonds is 6. The molecule has 0 saturated heterocycles. The number of fused-ring (bicyclic) bond motifs is 10. The fourth-order valence-corrected chi connectivity index (χ4v) is 11.1. The first kappa shape index (κ1) is 36.5. The Morgan fingerprint density at radius 1 is 0.312 bits per heavy atom. The molecule has 0 aliphatic rings. The fraction of sp³-hybridized carbons (Fsp3) is 0. The molecule has 0 N–H and O–H groups in total. The van der Waals surface area contributed by atoms with Crippen LogP contribution in [0.25, 0.3) is 125 Å². The largest absolute Gasteiger partial charge is 0.292 e. The number of benzene rings is 11. The van der Waals surface area contributed by atoms with Crippen molar-refractivity contribution in [3.05, 3.63) is 231 Å². The fourth-order valence-electron chi connectivity index (χ4n) is 9.98. The number of nitrogens with zero attached hydrogens (tertiary/aromatic N) is 2. The van der Waals surface area contributed by atoms with Crippen molar-refractivity contribution in [2.24, 2.45) is 0 Å². The van der Waals surface area contributed by atoms with E-state index in [4.69, 9.17) is 4.98 Å². The summed E-state index contributed by atoms with van der Waals surface area (Å²) >= 11 is 1.87. The third-order valence-corrected chi connectivity index (χ3v) is 14.1. The van der Waals surface area contributed by atoms with Crippen molar-refractivity contribution in [1.29, 1.82) is 0 Å². The van der Waals surface area contributed by atoms with Gasteiger partial charge in [0.05, 0.1) is 11.0 Å². The van der Waals surface area contributed by atoms with Gasteiger partial charge in [0.15, 0.2) is 0 Å². The van der Waals surface area contributed by atoms with E-state index in [1.807, 2.05) is 11.3 Å². The van der Waals surface area contributed by atoms with Gasteiger partial charge in [-0.1, -0.05) is 164 Å². The molecule has 3 heteroatoms. The molecule has 64 heavy (non-hydrogen) atoms. The second kappa shape index (κ2) is 14.8. The lowest BCUT2D eigenvalue weighted by Crippen LogP contribution is -1.97. The first-order valence-corrected chi connectivity index (χ1v) is 22.7. The summed E-state index contributed by atoms with van der Waals surface area (Å²) in [5.41, 5.74) is 13.8. The van der Waals surface area contributed by atoms with E-state index >= 15 is 0 Å². The average molecular weight is 831 g/mol. The summed E-state index contributed by atoms with van der Waals surface area (Å²) in [7, 11) is 0. The Morgan fingerprint density at radius 3 is 1.53 bits per heavy atom. The van der Waals surface area contributed by atoms with Crippen LogP contribution in [0.2, 0.25) is 0 Å². The third kappa shape index (κ3) is 5.97. The quantitative estimate of drug-likeness (QED) is 0.153. The zero-order valence-corrected chi connectivity index (χ0v) is 35.6. The van der Waals surface area contributed by atoms with Crippen LogP contribution in [-0.4, -0.2) is 9.55 Å². The first-order chi connectivity index (χ1) is 31.7. The summed E-state index contributed by atoms with van der Waals surface area (Å²) in [5, 5.41) is 10.3. The van der Waals surface area contributed by atoms with Crippen LogP contribution in [0.3, 0.4) is 0 Å². The topological polar surface area (TPSA) is 17.8 Å². The van der Waals surface area contributed by atoms with Crippen LogP contribution >= 0.6 is 11.3 Å². The van der Waals surface area contributed by atoms with E-state index in [1.54, 1.807) is 0 Å². The molecule has 0 saturated carbocycles. The van der Waals surface area contributed by atoms with Gasteiger partial charge in [-0.15, -0.1) is 11.3 Å². The SMILES string of the molecule is c1ccc(-n2c(-c3cccc(-c4cc(-c5cccc(-c6cccc(-c7ccc8c9ccccc9c9ccccc9c8c7)c6)c5)cc5sc6ccccc6c45)c3)nc3ccccc32)cc1. The molecule has 0 unspecified atom stereocenters. The Balaban J connectivity index is 0.928. The molecule has 13 rings (SSSR count). The van der Waals surface area contributed by atoms with E-state index in [2.05, 4.69) is 235 Å². The van der Waals surface area contributed by atoms with Crippen molar-refractivity contribution in [2.45, 2.75) is 0 Å². The highest BCUT2D eigenvalue weighted by atomic mass is 32.1. The molecule has 2 heterocycles. The van der Waals surface area contributed by atoms with Gasteiger partial charge in [-0.3, -0.25) is 4.57 Å². The molecular formula is C61H38N2S. The van der Waals surface area contributed by atoms with E-state index in [1.165, 1.54) is 97.0 Å². The molecule has 11 aromatic carbocycles. The Kier molecular flexibility index (Phi) is 8.43. The summed E-state index contributed by atoms with van der Waals surface area (Å²) in [4.78, 5) is 5.23. The molecule has 0 fully saturated rings. The van der Waals surface area contributed by atoms with Crippen molar-refractivity contribution < 1.29 is 0 Å². The van der Waals surface area contributed by atoms with Crippen molar-refractivity contribution in [2.75, 3.05) is 0 Å². The maximum Gasteiger partial charge on any atom is 0.145 e. The molecule has 0 bridgehead atoms. The van der Waals surface area contributed by atoms with Gasteiger partial charge < -0.3 is 0 Å². The minimum absolute atomic E-state index is 0.928. The lowest BCUT2D eigenvalue weighted by molar-refractivity contribution is 1.10. The van der Waals surface area contributed by atoms with Gasteiger partial charge in [0, 0.05) is 31.4 Å². The third-order valence-electron chi connectivity index (χ3n) is 13.0. The van der Waals surface area contributed by atoms with Crippen LogP contribution in [0.15, 0.2) is 231 Å². The second-order valence-corrected chi connectivity index (χ2v) is 17.8. The Morgan fingerprint density at radius 2 is 0.828 bits per heavy atom. The highest BCUT2D eigenvalue weighted by Crippen LogP contribution is 2.45. The number of thiophene rings is 1. The first-order valence-electron chi connectivity index (χ1n) is 21.9. The maximum atomic E-state index is 5.23. The summed E-state index contributed by atoms with van der Waals surface area (Å²) < 4.78 is 4.85.